The SMILES string of the molecule is CCC(CC)N(C)CCC(=O)O. The Bertz CT molecular complexity index is 132. The molecule has 0 aromatic carbocycles. The Morgan fingerprint density at radius 1 is 1.42 bits per heavy atom. The van der Waals surface area contributed by atoms with E-state index in [1.807, 2.05) is 7.05 Å². The van der Waals surface area contributed by atoms with Gasteiger partial charge in [-0.25, -0.2) is 0 Å². The number of hydrogen-bond donors (Lipinski definition) is 1. The van der Waals surface area contributed by atoms with Gasteiger partial charge >= 0.3 is 5.97 Å². The van der Waals surface area contributed by atoms with E-state index < -0.39 is 5.97 Å². The highest BCUT2D eigenvalue weighted by Crippen LogP contribution is 2.05. The van der Waals surface area contributed by atoms with Crippen molar-refractivity contribution in [2.75, 3.05) is 13.6 Å². The minimum Gasteiger partial charge on any atom is -0.481 e. The Hall–Kier alpha value is -0.570. The Labute approximate surface area is 74.4 Å². The van der Waals surface area contributed by atoms with E-state index in [-0.39, 0.29) is 6.42 Å². The number of rotatable bonds is 6. The molecule has 72 valence electrons. The molecule has 3 nitrogen and oxygen atoms in total. The van der Waals surface area contributed by atoms with Crippen LogP contribution in [-0.4, -0.2) is 35.6 Å². The van der Waals surface area contributed by atoms with E-state index in [4.69, 9.17) is 5.11 Å². The fraction of sp³-hybridized carbons (Fsp3) is 0.889. The third-order valence-electron chi connectivity index (χ3n) is 2.24. The summed E-state index contributed by atoms with van der Waals surface area (Å²) in [5.74, 6) is -0.715. The van der Waals surface area contributed by atoms with Gasteiger partial charge in [0.25, 0.3) is 0 Å². The fourth-order valence-corrected chi connectivity index (χ4v) is 1.37. The summed E-state index contributed by atoms with van der Waals surface area (Å²) in [6.45, 7) is 4.92. The smallest absolute Gasteiger partial charge is 0.304 e. The number of nitrogens with zero attached hydrogens (tertiary/aromatic N) is 1. The van der Waals surface area contributed by atoms with Crippen molar-refractivity contribution in [1.82, 2.24) is 4.90 Å². The summed E-state index contributed by atoms with van der Waals surface area (Å²) in [5, 5.41) is 8.46. The van der Waals surface area contributed by atoms with Crippen LogP contribution in [0.1, 0.15) is 33.1 Å². The number of carboxylic acid groups (broad SMARTS) is 1. The number of aliphatic carboxylic acids is 1. The predicted octanol–water partition coefficient (Wildman–Crippen LogP) is 1.58. The van der Waals surface area contributed by atoms with Gasteiger partial charge in [0.05, 0.1) is 6.42 Å². The molecule has 0 saturated carbocycles. The van der Waals surface area contributed by atoms with Crippen molar-refractivity contribution in [3.8, 4) is 0 Å². The largest absolute Gasteiger partial charge is 0.481 e. The van der Waals surface area contributed by atoms with Gasteiger partial charge in [-0.3, -0.25) is 4.79 Å². The number of carbonyl (C=O) groups is 1. The molecule has 0 unspecified atom stereocenters. The average molecular weight is 173 g/mol. The summed E-state index contributed by atoms with van der Waals surface area (Å²) < 4.78 is 0. The van der Waals surface area contributed by atoms with E-state index in [1.54, 1.807) is 0 Å². The zero-order chi connectivity index (χ0) is 9.56. The molecular formula is C9H19NO2. The van der Waals surface area contributed by atoms with Crippen molar-refractivity contribution >= 4 is 5.97 Å². The number of carboxylic acids is 1. The van der Waals surface area contributed by atoms with Crippen LogP contribution < -0.4 is 0 Å². The second-order valence-electron chi connectivity index (χ2n) is 3.09. The van der Waals surface area contributed by atoms with Crippen LogP contribution in [0.25, 0.3) is 0 Å². The first-order valence-electron chi connectivity index (χ1n) is 4.53. The van der Waals surface area contributed by atoms with Gasteiger partial charge in [0.2, 0.25) is 0 Å². The maximum absolute atomic E-state index is 10.3. The molecule has 0 rings (SSSR count). The second-order valence-corrected chi connectivity index (χ2v) is 3.09. The van der Waals surface area contributed by atoms with E-state index in [9.17, 15) is 4.79 Å². The van der Waals surface area contributed by atoms with Gasteiger partial charge < -0.3 is 10.0 Å². The third-order valence-corrected chi connectivity index (χ3v) is 2.24. The summed E-state index contributed by atoms with van der Waals surface area (Å²) in [6.07, 6.45) is 2.42. The first kappa shape index (κ1) is 11.4. The highest BCUT2D eigenvalue weighted by atomic mass is 16.4. The van der Waals surface area contributed by atoms with Crippen molar-refractivity contribution in [2.24, 2.45) is 0 Å². The lowest BCUT2D eigenvalue weighted by atomic mass is 10.1. The van der Waals surface area contributed by atoms with Crippen molar-refractivity contribution in [3.63, 3.8) is 0 Å². The molecular weight excluding hydrogens is 154 g/mol. The molecule has 0 heterocycles. The highest BCUT2D eigenvalue weighted by Gasteiger charge is 2.10. The quantitative estimate of drug-likeness (QED) is 0.663. The molecule has 1 N–H and O–H groups in total. The molecule has 0 aliphatic carbocycles. The normalized spacial score (nSPS) is 11.1. The molecule has 0 atom stereocenters. The molecule has 0 spiro atoms. The Kier molecular flexibility index (Phi) is 5.72. The van der Waals surface area contributed by atoms with E-state index in [0.29, 0.717) is 12.6 Å². The fourth-order valence-electron chi connectivity index (χ4n) is 1.37. The molecule has 0 amide bonds. The summed E-state index contributed by atoms with van der Waals surface area (Å²) in [6, 6.07) is 0.532. The average Bonchev–Trinajstić information content (AvgIpc) is 2.03. The summed E-state index contributed by atoms with van der Waals surface area (Å²) >= 11 is 0. The number of hydrogen-bond acceptors (Lipinski definition) is 2. The minimum atomic E-state index is -0.715. The predicted molar refractivity (Wildman–Crippen MR) is 49.3 cm³/mol. The van der Waals surface area contributed by atoms with Gasteiger partial charge in [-0.1, -0.05) is 13.8 Å². The van der Waals surface area contributed by atoms with E-state index in [0.717, 1.165) is 12.8 Å². The van der Waals surface area contributed by atoms with Crippen LogP contribution in [-0.2, 0) is 4.79 Å². The van der Waals surface area contributed by atoms with Crippen molar-refractivity contribution in [2.45, 2.75) is 39.2 Å². The van der Waals surface area contributed by atoms with E-state index in [1.165, 1.54) is 0 Å². The molecule has 0 aliphatic heterocycles. The third kappa shape index (κ3) is 4.34. The zero-order valence-corrected chi connectivity index (χ0v) is 8.21. The van der Waals surface area contributed by atoms with Crippen LogP contribution >= 0.6 is 0 Å². The van der Waals surface area contributed by atoms with Crippen molar-refractivity contribution < 1.29 is 9.90 Å². The van der Waals surface area contributed by atoms with Crippen LogP contribution in [0.3, 0.4) is 0 Å². The molecule has 0 bridgehead atoms. The summed E-state index contributed by atoms with van der Waals surface area (Å²) in [5.41, 5.74) is 0. The molecule has 0 aromatic rings. The topological polar surface area (TPSA) is 40.5 Å². The molecule has 3 heteroatoms. The zero-order valence-electron chi connectivity index (χ0n) is 8.21. The maximum Gasteiger partial charge on any atom is 0.304 e. The Balaban J connectivity index is 3.68. The van der Waals surface area contributed by atoms with Crippen LogP contribution in [0.15, 0.2) is 0 Å². The lowest BCUT2D eigenvalue weighted by molar-refractivity contribution is -0.137. The second kappa shape index (κ2) is 6.00. The first-order chi connectivity index (χ1) is 5.61. The maximum atomic E-state index is 10.3. The van der Waals surface area contributed by atoms with Gasteiger partial charge in [-0.15, -0.1) is 0 Å². The van der Waals surface area contributed by atoms with Gasteiger partial charge in [-0.2, -0.15) is 0 Å². The standard InChI is InChI=1S/C9H19NO2/c1-4-8(5-2)10(3)7-6-9(11)12/h8H,4-7H2,1-3H3,(H,11,12). The van der Waals surface area contributed by atoms with Crippen molar-refractivity contribution in [3.05, 3.63) is 0 Å². The first-order valence-corrected chi connectivity index (χ1v) is 4.53. The monoisotopic (exact) mass is 173 g/mol. The lowest BCUT2D eigenvalue weighted by Gasteiger charge is -2.25. The molecule has 0 saturated heterocycles. The van der Waals surface area contributed by atoms with Crippen molar-refractivity contribution in [1.29, 1.82) is 0 Å². The molecule has 0 fully saturated rings. The molecule has 0 radical (unpaired) electrons. The summed E-state index contributed by atoms with van der Waals surface area (Å²) in [7, 11) is 1.99. The Morgan fingerprint density at radius 3 is 2.25 bits per heavy atom. The van der Waals surface area contributed by atoms with E-state index in [2.05, 4.69) is 18.7 Å². The van der Waals surface area contributed by atoms with Crippen LogP contribution in [0, 0.1) is 0 Å². The molecule has 12 heavy (non-hydrogen) atoms. The van der Waals surface area contributed by atoms with Gasteiger partial charge in [0.15, 0.2) is 0 Å². The Morgan fingerprint density at radius 2 is 1.92 bits per heavy atom. The van der Waals surface area contributed by atoms with Crippen LogP contribution in [0.4, 0.5) is 0 Å². The van der Waals surface area contributed by atoms with Gasteiger partial charge in [0, 0.05) is 12.6 Å². The van der Waals surface area contributed by atoms with Crippen LogP contribution in [0.2, 0.25) is 0 Å². The molecule has 0 aromatic heterocycles. The van der Waals surface area contributed by atoms with Gasteiger partial charge in [-0.05, 0) is 19.9 Å². The highest BCUT2D eigenvalue weighted by molar-refractivity contribution is 5.66. The molecule has 0 aliphatic rings. The van der Waals surface area contributed by atoms with Crippen LogP contribution in [0.5, 0.6) is 0 Å². The van der Waals surface area contributed by atoms with Gasteiger partial charge in [0.1, 0.15) is 0 Å². The lowest BCUT2D eigenvalue weighted by Crippen LogP contribution is -2.32. The minimum absolute atomic E-state index is 0.243. The summed E-state index contributed by atoms with van der Waals surface area (Å²) in [4.78, 5) is 12.4. The van der Waals surface area contributed by atoms with E-state index >= 15 is 0 Å².